The molecule has 7 heteroatoms. The first-order chi connectivity index (χ1) is 14.5. The first-order valence-electron chi connectivity index (χ1n) is 10.2. The molecule has 3 aromatic rings. The minimum atomic E-state index is -0.381. The average Bonchev–Trinajstić information content (AvgIpc) is 3.10. The summed E-state index contributed by atoms with van der Waals surface area (Å²) >= 11 is 0. The van der Waals surface area contributed by atoms with Gasteiger partial charge in [-0.1, -0.05) is 18.2 Å². The Morgan fingerprint density at radius 1 is 1.10 bits per heavy atom. The van der Waals surface area contributed by atoms with Gasteiger partial charge < -0.3 is 19.0 Å². The van der Waals surface area contributed by atoms with E-state index < -0.39 is 0 Å². The first kappa shape index (κ1) is 19.9. The topological polar surface area (TPSA) is 75.9 Å². The first-order valence-corrected chi connectivity index (χ1v) is 10.2. The zero-order chi connectivity index (χ0) is 21.3. The highest BCUT2D eigenvalue weighted by atomic mass is 16.5. The predicted octanol–water partition coefficient (Wildman–Crippen LogP) is 3.58. The number of aromatic nitrogens is 1. The Morgan fingerprint density at radius 3 is 2.50 bits per heavy atom. The van der Waals surface area contributed by atoms with Gasteiger partial charge >= 0.3 is 5.97 Å². The lowest BCUT2D eigenvalue weighted by Gasteiger charge is -2.37. The second-order valence-electron chi connectivity index (χ2n) is 7.36. The van der Waals surface area contributed by atoms with Crippen molar-refractivity contribution in [2.45, 2.75) is 20.8 Å². The summed E-state index contributed by atoms with van der Waals surface area (Å²) < 4.78 is 10.8. The van der Waals surface area contributed by atoms with Crippen molar-refractivity contribution in [3.63, 3.8) is 0 Å². The molecule has 1 aliphatic rings. The van der Waals surface area contributed by atoms with Crippen LogP contribution in [-0.4, -0.2) is 54.5 Å². The number of ether oxygens (including phenoxy) is 1. The Hall–Kier alpha value is -3.35. The third-order valence-electron chi connectivity index (χ3n) is 5.40. The highest BCUT2D eigenvalue weighted by Gasteiger charge is 2.28. The Bertz CT molecular complexity index is 1100. The Balaban J connectivity index is 1.61. The number of pyridine rings is 1. The summed E-state index contributed by atoms with van der Waals surface area (Å²) in [6, 6.07) is 9.55. The van der Waals surface area contributed by atoms with E-state index in [0.717, 1.165) is 22.4 Å². The van der Waals surface area contributed by atoms with Gasteiger partial charge in [0.05, 0.1) is 23.4 Å². The number of para-hydroxylation sites is 1. The fraction of sp³-hybridized carbons (Fsp3) is 0.348. The summed E-state index contributed by atoms with van der Waals surface area (Å²) in [5, 5.41) is 0.907. The molecular formula is C23H25N3O4. The van der Waals surface area contributed by atoms with Gasteiger partial charge in [-0.2, -0.15) is 0 Å². The number of anilines is 1. The van der Waals surface area contributed by atoms with E-state index >= 15 is 0 Å². The molecule has 30 heavy (non-hydrogen) atoms. The molecule has 2 aromatic heterocycles. The predicted molar refractivity (Wildman–Crippen MR) is 114 cm³/mol. The molecule has 1 fully saturated rings. The molecule has 3 heterocycles. The molecule has 1 aromatic carbocycles. The molecule has 0 spiro atoms. The van der Waals surface area contributed by atoms with Crippen molar-refractivity contribution in [3.8, 4) is 0 Å². The second-order valence-corrected chi connectivity index (χ2v) is 7.36. The summed E-state index contributed by atoms with van der Waals surface area (Å²) in [5.74, 6) is 0.976. The zero-order valence-corrected chi connectivity index (χ0v) is 17.5. The lowest BCUT2D eigenvalue weighted by molar-refractivity contribution is 0.0525. The van der Waals surface area contributed by atoms with Gasteiger partial charge in [-0.05, 0) is 32.9 Å². The average molecular weight is 407 g/mol. The summed E-state index contributed by atoms with van der Waals surface area (Å²) in [6.45, 7) is 8.08. The van der Waals surface area contributed by atoms with Crippen LogP contribution in [-0.2, 0) is 4.74 Å². The molecule has 0 bridgehead atoms. The van der Waals surface area contributed by atoms with E-state index in [4.69, 9.17) is 9.15 Å². The number of piperazine rings is 1. The second kappa shape index (κ2) is 8.18. The summed E-state index contributed by atoms with van der Waals surface area (Å²) in [4.78, 5) is 33.9. The van der Waals surface area contributed by atoms with Gasteiger partial charge in [-0.25, -0.2) is 4.79 Å². The van der Waals surface area contributed by atoms with Crippen molar-refractivity contribution in [2.75, 3.05) is 37.7 Å². The van der Waals surface area contributed by atoms with Gasteiger partial charge in [0.25, 0.3) is 5.91 Å². The van der Waals surface area contributed by atoms with Gasteiger partial charge in [0.2, 0.25) is 0 Å². The van der Waals surface area contributed by atoms with Crippen molar-refractivity contribution >= 4 is 28.5 Å². The van der Waals surface area contributed by atoms with Gasteiger partial charge in [0, 0.05) is 37.8 Å². The van der Waals surface area contributed by atoms with Crippen LogP contribution in [0.4, 0.5) is 5.69 Å². The van der Waals surface area contributed by atoms with E-state index in [1.165, 1.54) is 0 Å². The van der Waals surface area contributed by atoms with Crippen molar-refractivity contribution in [2.24, 2.45) is 0 Å². The standard InChI is InChI=1S/C23H25N3O4/c1-4-29-23(28)19-14-24-20-8-6-5-7-17(20)21(19)25-9-11-26(12-10-25)22(27)18-13-15(2)30-16(18)3/h5-8,13-14H,4,9-12H2,1-3H3. The largest absolute Gasteiger partial charge is 0.466 e. The van der Waals surface area contributed by atoms with Gasteiger partial charge in [-0.15, -0.1) is 0 Å². The molecule has 4 rings (SSSR count). The molecule has 0 unspecified atom stereocenters. The lowest BCUT2D eigenvalue weighted by Crippen LogP contribution is -2.49. The van der Waals surface area contributed by atoms with Crippen LogP contribution >= 0.6 is 0 Å². The summed E-state index contributed by atoms with van der Waals surface area (Å²) in [7, 11) is 0. The molecule has 0 saturated carbocycles. The molecule has 0 N–H and O–H groups in total. The molecule has 7 nitrogen and oxygen atoms in total. The van der Waals surface area contributed by atoms with Crippen LogP contribution < -0.4 is 4.90 Å². The molecule has 1 saturated heterocycles. The number of furan rings is 1. The van der Waals surface area contributed by atoms with Crippen LogP contribution in [0.2, 0.25) is 0 Å². The fourth-order valence-electron chi connectivity index (χ4n) is 3.97. The van der Waals surface area contributed by atoms with Gasteiger partial charge in [0.1, 0.15) is 17.1 Å². The number of amides is 1. The SMILES string of the molecule is CCOC(=O)c1cnc2ccccc2c1N1CCN(C(=O)c2cc(C)oc2C)CC1. The normalized spacial score (nSPS) is 14.2. The number of nitrogens with zero attached hydrogens (tertiary/aromatic N) is 3. The van der Waals surface area contributed by atoms with Crippen molar-refractivity contribution in [1.82, 2.24) is 9.88 Å². The molecule has 1 aliphatic heterocycles. The minimum Gasteiger partial charge on any atom is -0.466 e. The maximum Gasteiger partial charge on any atom is 0.341 e. The van der Waals surface area contributed by atoms with E-state index in [-0.39, 0.29) is 11.9 Å². The molecular weight excluding hydrogens is 382 g/mol. The summed E-state index contributed by atoms with van der Waals surface area (Å²) in [5.41, 5.74) is 2.71. The number of benzene rings is 1. The zero-order valence-electron chi connectivity index (χ0n) is 17.5. The van der Waals surface area contributed by atoms with Crippen molar-refractivity contribution in [3.05, 3.63) is 59.2 Å². The molecule has 156 valence electrons. The van der Waals surface area contributed by atoms with E-state index in [2.05, 4.69) is 9.88 Å². The maximum absolute atomic E-state index is 12.9. The molecule has 0 aliphatic carbocycles. The van der Waals surface area contributed by atoms with E-state index in [1.54, 1.807) is 19.2 Å². The number of hydrogen-bond acceptors (Lipinski definition) is 6. The Kier molecular flexibility index (Phi) is 5.44. The highest BCUT2D eigenvalue weighted by Crippen LogP contribution is 2.31. The smallest absolute Gasteiger partial charge is 0.341 e. The van der Waals surface area contributed by atoms with Gasteiger partial charge in [-0.3, -0.25) is 9.78 Å². The quantitative estimate of drug-likeness (QED) is 0.616. The number of aryl methyl sites for hydroxylation is 2. The van der Waals surface area contributed by atoms with Gasteiger partial charge in [0.15, 0.2) is 0 Å². The van der Waals surface area contributed by atoms with Crippen molar-refractivity contribution < 1.29 is 18.7 Å². The fourth-order valence-corrected chi connectivity index (χ4v) is 3.97. The number of fused-ring (bicyclic) bond motifs is 1. The lowest BCUT2D eigenvalue weighted by atomic mass is 10.1. The van der Waals surface area contributed by atoms with E-state index in [0.29, 0.717) is 49.7 Å². The molecule has 0 atom stereocenters. The van der Waals surface area contributed by atoms with Crippen molar-refractivity contribution in [1.29, 1.82) is 0 Å². The monoisotopic (exact) mass is 407 g/mol. The number of rotatable bonds is 4. The van der Waals surface area contributed by atoms with Crippen LogP contribution in [0.25, 0.3) is 10.9 Å². The Morgan fingerprint density at radius 2 is 1.83 bits per heavy atom. The number of esters is 1. The third-order valence-corrected chi connectivity index (χ3v) is 5.40. The molecule has 0 radical (unpaired) electrons. The number of carbonyl (C=O) groups is 2. The minimum absolute atomic E-state index is 0.0193. The number of carbonyl (C=O) groups excluding carboxylic acids is 2. The van der Waals surface area contributed by atoms with Crippen LogP contribution in [0.5, 0.6) is 0 Å². The van der Waals surface area contributed by atoms with Crippen LogP contribution in [0.1, 0.15) is 39.2 Å². The number of hydrogen-bond donors (Lipinski definition) is 0. The third kappa shape index (κ3) is 3.63. The maximum atomic E-state index is 12.9. The highest BCUT2D eigenvalue weighted by molar-refractivity contribution is 6.05. The Labute approximate surface area is 175 Å². The van der Waals surface area contributed by atoms with Crippen LogP contribution in [0.3, 0.4) is 0 Å². The van der Waals surface area contributed by atoms with Crippen LogP contribution in [0, 0.1) is 13.8 Å². The summed E-state index contributed by atoms with van der Waals surface area (Å²) in [6.07, 6.45) is 1.59. The van der Waals surface area contributed by atoms with E-state index in [1.807, 2.05) is 43.0 Å². The van der Waals surface area contributed by atoms with E-state index in [9.17, 15) is 9.59 Å². The van der Waals surface area contributed by atoms with Crippen LogP contribution in [0.15, 0.2) is 40.9 Å². The molecule has 1 amide bonds.